The summed E-state index contributed by atoms with van der Waals surface area (Å²) in [5, 5.41) is 0. The average molecular weight is 295 g/mol. The molecule has 0 aromatic heterocycles. The number of likely N-dealkylation sites (tertiary alicyclic amines) is 1. The second-order valence-corrected chi connectivity index (χ2v) is 6.23. The van der Waals surface area contributed by atoms with Crippen LogP contribution in [-0.2, 0) is 9.59 Å². The number of likely N-dealkylation sites (N-methyl/N-ethyl adjacent to an activating group) is 1. The van der Waals surface area contributed by atoms with Crippen LogP contribution in [0.2, 0.25) is 0 Å². The summed E-state index contributed by atoms with van der Waals surface area (Å²) >= 11 is 0. The highest BCUT2D eigenvalue weighted by Gasteiger charge is 2.41. The predicted molar refractivity (Wildman–Crippen MR) is 82.5 cm³/mol. The molecule has 1 heterocycles. The maximum Gasteiger partial charge on any atom is 0.245 e. The first-order valence-corrected chi connectivity index (χ1v) is 8.43. The molecule has 5 nitrogen and oxygen atoms in total. The number of carbonyl (C=O) groups excluding carboxylic acids is 2. The zero-order chi connectivity index (χ0) is 15.4. The van der Waals surface area contributed by atoms with E-state index in [1.165, 1.54) is 0 Å². The topological polar surface area (TPSA) is 66.6 Å². The molecule has 120 valence electrons. The van der Waals surface area contributed by atoms with Crippen LogP contribution in [0.1, 0.15) is 46.0 Å². The third kappa shape index (κ3) is 3.23. The van der Waals surface area contributed by atoms with Crippen molar-refractivity contribution < 1.29 is 9.59 Å². The van der Waals surface area contributed by atoms with Gasteiger partial charge in [-0.3, -0.25) is 9.59 Å². The number of carbonyl (C=O) groups is 2. The summed E-state index contributed by atoms with van der Waals surface area (Å²) in [5.41, 5.74) is 5.80. The Bertz CT molecular complexity index is 382. The van der Waals surface area contributed by atoms with E-state index in [0.29, 0.717) is 25.6 Å². The van der Waals surface area contributed by atoms with E-state index < -0.39 is 0 Å². The molecule has 2 aliphatic rings. The minimum Gasteiger partial charge on any atom is -0.341 e. The lowest BCUT2D eigenvalue weighted by atomic mass is 9.94. The Kier molecular flexibility index (Phi) is 5.62. The number of nitrogens with zero attached hydrogens (tertiary/aromatic N) is 2. The zero-order valence-corrected chi connectivity index (χ0v) is 13.4. The third-order valence-corrected chi connectivity index (χ3v) is 5.18. The molecule has 1 aliphatic carbocycles. The quantitative estimate of drug-likeness (QED) is 0.829. The Balaban J connectivity index is 2.07. The first kappa shape index (κ1) is 16.3. The van der Waals surface area contributed by atoms with Crippen LogP contribution in [0.25, 0.3) is 0 Å². The number of hydrogen-bond donors (Lipinski definition) is 1. The van der Waals surface area contributed by atoms with Gasteiger partial charge in [-0.05, 0) is 52.0 Å². The van der Waals surface area contributed by atoms with Crippen molar-refractivity contribution in [1.29, 1.82) is 0 Å². The highest BCUT2D eigenvalue weighted by Crippen LogP contribution is 2.34. The van der Waals surface area contributed by atoms with Crippen molar-refractivity contribution in [3.63, 3.8) is 0 Å². The van der Waals surface area contributed by atoms with Crippen molar-refractivity contribution in [2.45, 2.75) is 52.0 Å². The summed E-state index contributed by atoms with van der Waals surface area (Å²) in [7, 11) is 0. The molecular formula is C16H29N3O2. The van der Waals surface area contributed by atoms with E-state index >= 15 is 0 Å². The van der Waals surface area contributed by atoms with Crippen molar-refractivity contribution in [2.24, 2.45) is 17.6 Å². The fraction of sp³-hybridized carbons (Fsp3) is 0.875. The summed E-state index contributed by atoms with van der Waals surface area (Å²) in [5.74, 6) is 0.640. The van der Waals surface area contributed by atoms with Crippen molar-refractivity contribution in [3.8, 4) is 0 Å². The molecule has 21 heavy (non-hydrogen) atoms. The summed E-state index contributed by atoms with van der Waals surface area (Å²) in [4.78, 5) is 29.1. The molecule has 1 saturated carbocycles. The largest absolute Gasteiger partial charge is 0.341 e. The minimum atomic E-state index is -0.239. The number of rotatable bonds is 5. The molecule has 2 amide bonds. The van der Waals surface area contributed by atoms with Crippen LogP contribution < -0.4 is 5.73 Å². The highest BCUT2D eigenvalue weighted by atomic mass is 16.2. The van der Waals surface area contributed by atoms with Crippen molar-refractivity contribution in [2.75, 3.05) is 26.2 Å². The van der Waals surface area contributed by atoms with Crippen LogP contribution in [0.3, 0.4) is 0 Å². The number of hydrogen-bond acceptors (Lipinski definition) is 3. The number of nitrogens with two attached hydrogens (primary N) is 1. The molecule has 1 aliphatic heterocycles. The lowest BCUT2D eigenvalue weighted by Gasteiger charge is -2.31. The molecule has 5 heteroatoms. The first-order chi connectivity index (χ1) is 10.1. The zero-order valence-electron chi connectivity index (χ0n) is 13.4. The minimum absolute atomic E-state index is 0.0418. The summed E-state index contributed by atoms with van der Waals surface area (Å²) in [6.45, 7) is 6.71. The maximum absolute atomic E-state index is 12.8. The van der Waals surface area contributed by atoms with Crippen LogP contribution in [-0.4, -0.2) is 53.8 Å². The second kappa shape index (κ2) is 7.25. The molecule has 3 atom stereocenters. The van der Waals surface area contributed by atoms with Crippen molar-refractivity contribution in [1.82, 2.24) is 9.80 Å². The van der Waals surface area contributed by atoms with Crippen LogP contribution in [0, 0.1) is 11.8 Å². The molecule has 2 N–H and O–H groups in total. The maximum atomic E-state index is 12.8. The molecule has 0 spiro atoms. The van der Waals surface area contributed by atoms with Gasteiger partial charge in [0.05, 0.1) is 0 Å². The Labute approximate surface area is 127 Å². The molecule has 0 radical (unpaired) electrons. The lowest BCUT2D eigenvalue weighted by molar-refractivity contribution is -0.146. The highest BCUT2D eigenvalue weighted by molar-refractivity contribution is 5.89. The van der Waals surface area contributed by atoms with Gasteiger partial charge >= 0.3 is 0 Å². The molecule has 1 unspecified atom stereocenters. The fourth-order valence-electron chi connectivity index (χ4n) is 3.89. The van der Waals surface area contributed by atoms with E-state index in [1.807, 2.05) is 23.6 Å². The van der Waals surface area contributed by atoms with Gasteiger partial charge in [0, 0.05) is 25.6 Å². The molecule has 2 fully saturated rings. The van der Waals surface area contributed by atoms with E-state index in [1.54, 1.807) is 0 Å². The van der Waals surface area contributed by atoms with E-state index in [-0.39, 0.29) is 23.8 Å². The van der Waals surface area contributed by atoms with Crippen molar-refractivity contribution >= 4 is 11.8 Å². The molecule has 1 saturated heterocycles. The van der Waals surface area contributed by atoms with Crippen LogP contribution in [0.15, 0.2) is 0 Å². The van der Waals surface area contributed by atoms with Crippen LogP contribution in [0.4, 0.5) is 0 Å². The smallest absolute Gasteiger partial charge is 0.245 e. The van der Waals surface area contributed by atoms with Gasteiger partial charge in [0.15, 0.2) is 0 Å². The lowest BCUT2D eigenvalue weighted by Crippen LogP contribution is -2.50. The van der Waals surface area contributed by atoms with Crippen molar-refractivity contribution in [3.05, 3.63) is 0 Å². The SMILES string of the molecule is CCN(CC)C(=O)C1CCCN1C(=O)[C@@H]1CCC[C@@H]1CN. The summed E-state index contributed by atoms with van der Waals surface area (Å²) in [6.07, 6.45) is 4.81. The standard InChI is InChI=1S/C16H29N3O2/c1-3-18(4-2)16(21)14-9-6-10-19(14)15(20)13-8-5-7-12(13)11-17/h12-14H,3-11,17H2,1-2H3/t12-,13-,14?/m1/s1. The van der Waals surface area contributed by atoms with E-state index in [9.17, 15) is 9.59 Å². The van der Waals surface area contributed by atoms with Gasteiger partial charge in [-0.15, -0.1) is 0 Å². The Morgan fingerprint density at radius 2 is 1.86 bits per heavy atom. The average Bonchev–Trinajstić information content (AvgIpc) is 3.16. The van der Waals surface area contributed by atoms with Gasteiger partial charge in [0.2, 0.25) is 11.8 Å². The molecule has 0 bridgehead atoms. The summed E-state index contributed by atoms with van der Waals surface area (Å²) in [6, 6.07) is -0.239. The van der Waals surface area contributed by atoms with E-state index in [2.05, 4.69) is 0 Å². The monoisotopic (exact) mass is 295 g/mol. The fourth-order valence-corrected chi connectivity index (χ4v) is 3.89. The van der Waals surface area contributed by atoms with Gasteiger partial charge in [0.1, 0.15) is 6.04 Å². The van der Waals surface area contributed by atoms with Gasteiger partial charge in [0.25, 0.3) is 0 Å². The van der Waals surface area contributed by atoms with E-state index in [4.69, 9.17) is 5.73 Å². The predicted octanol–water partition coefficient (Wildman–Crippen LogP) is 1.22. The third-order valence-electron chi connectivity index (χ3n) is 5.18. The Morgan fingerprint density at radius 1 is 1.14 bits per heavy atom. The first-order valence-electron chi connectivity index (χ1n) is 8.43. The van der Waals surface area contributed by atoms with Crippen LogP contribution in [0.5, 0.6) is 0 Å². The van der Waals surface area contributed by atoms with Crippen LogP contribution >= 0.6 is 0 Å². The normalized spacial score (nSPS) is 28.9. The molecule has 2 rings (SSSR count). The van der Waals surface area contributed by atoms with Gasteiger partial charge in [-0.1, -0.05) is 6.42 Å². The Morgan fingerprint density at radius 3 is 2.48 bits per heavy atom. The molecule has 0 aromatic carbocycles. The van der Waals surface area contributed by atoms with Gasteiger partial charge in [-0.25, -0.2) is 0 Å². The Hall–Kier alpha value is -1.10. The number of amides is 2. The molecule has 0 aromatic rings. The van der Waals surface area contributed by atoms with Gasteiger partial charge in [-0.2, -0.15) is 0 Å². The summed E-state index contributed by atoms with van der Waals surface area (Å²) < 4.78 is 0. The van der Waals surface area contributed by atoms with E-state index in [0.717, 1.165) is 38.6 Å². The molecular weight excluding hydrogens is 266 g/mol. The second-order valence-electron chi connectivity index (χ2n) is 6.23. The van der Waals surface area contributed by atoms with Gasteiger partial charge < -0.3 is 15.5 Å².